The maximum Gasteiger partial charge on any atom is 0.127 e. The molecule has 1 aliphatic rings. The van der Waals surface area contributed by atoms with Crippen LogP contribution in [0.2, 0.25) is 0 Å². The van der Waals surface area contributed by atoms with Crippen molar-refractivity contribution in [2.24, 2.45) is 0 Å². The van der Waals surface area contributed by atoms with Crippen molar-refractivity contribution in [3.8, 4) is 0 Å². The number of hydrogen-bond donors (Lipinski definition) is 0. The molecule has 17 heavy (non-hydrogen) atoms. The van der Waals surface area contributed by atoms with E-state index < -0.39 is 0 Å². The second-order valence-electron chi connectivity index (χ2n) is 4.76. The Morgan fingerprint density at radius 2 is 1.88 bits per heavy atom. The van der Waals surface area contributed by atoms with Crippen molar-refractivity contribution in [3.05, 3.63) is 36.7 Å². The summed E-state index contributed by atoms with van der Waals surface area (Å²) in [5.41, 5.74) is 0.544. The fourth-order valence-electron chi connectivity index (χ4n) is 2.00. The van der Waals surface area contributed by atoms with E-state index in [0.717, 1.165) is 26.2 Å². The molecule has 0 saturated carbocycles. The van der Waals surface area contributed by atoms with Gasteiger partial charge in [-0.25, -0.2) is 4.39 Å². The van der Waals surface area contributed by atoms with Crippen LogP contribution in [-0.2, 0) is 0 Å². The SMILES string of the molecule is C=C/C=C(/F)C(=C)CN1CCN(C(C)C)CC1. The monoisotopic (exact) mass is 238 g/mol. The van der Waals surface area contributed by atoms with Gasteiger partial charge in [0.1, 0.15) is 5.83 Å². The van der Waals surface area contributed by atoms with Gasteiger partial charge in [0.15, 0.2) is 0 Å². The van der Waals surface area contributed by atoms with Gasteiger partial charge < -0.3 is 0 Å². The summed E-state index contributed by atoms with van der Waals surface area (Å²) in [6.45, 7) is 16.4. The van der Waals surface area contributed by atoms with E-state index in [1.807, 2.05) is 0 Å². The van der Waals surface area contributed by atoms with E-state index in [1.54, 1.807) is 0 Å². The molecule has 2 nitrogen and oxygen atoms in total. The second kappa shape index (κ2) is 6.72. The number of piperazine rings is 1. The third-order valence-corrected chi connectivity index (χ3v) is 3.15. The van der Waals surface area contributed by atoms with Gasteiger partial charge >= 0.3 is 0 Å². The van der Waals surface area contributed by atoms with Gasteiger partial charge in [0.25, 0.3) is 0 Å². The summed E-state index contributed by atoms with van der Waals surface area (Å²) >= 11 is 0. The summed E-state index contributed by atoms with van der Waals surface area (Å²) in [6, 6.07) is 0.595. The largest absolute Gasteiger partial charge is 0.298 e. The number of hydrogen-bond acceptors (Lipinski definition) is 2. The van der Waals surface area contributed by atoms with E-state index >= 15 is 0 Å². The second-order valence-corrected chi connectivity index (χ2v) is 4.76. The number of allylic oxidation sites excluding steroid dienone is 2. The van der Waals surface area contributed by atoms with Crippen LogP contribution in [0.25, 0.3) is 0 Å². The summed E-state index contributed by atoms with van der Waals surface area (Å²) < 4.78 is 13.4. The van der Waals surface area contributed by atoms with Gasteiger partial charge in [-0.05, 0) is 25.5 Å². The molecule has 0 bridgehead atoms. The Balaban J connectivity index is 2.38. The van der Waals surface area contributed by atoms with Crippen LogP contribution in [0.4, 0.5) is 4.39 Å². The minimum atomic E-state index is -0.258. The van der Waals surface area contributed by atoms with Crippen molar-refractivity contribution in [2.75, 3.05) is 32.7 Å². The summed E-state index contributed by atoms with van der Waals surface area (Å²) in [5.74, 6) is -0.258. The van der Waals surface area contributed by atoms with Gasteiger partial charge in [-0.2, -0.15) is 0 Å². The maximum absolute atomic E-state index is 13.4. The first-order valence-electron chi connectivity index (χ1n) is 6.17. The van der Waals surface area contributed by atoms with Gasteiger partial charge in [-0.3, -0.25) is 9.80 Å². The first-order valence-corrected chi connectivity index (χ1v) is 6.17. The van der Waals surface area contributed by atoms with Gasteiger partial charge in [0.2, 0.25) is 0 Å². The molecule has 0 atom stereocenters. The Kier molecular flexibility index (Phi) is 5.59. The van der Waals surface area contributed by atoms with Crippen molar-refractivity contribution < 1.29 is 4.39 Å². The highest BCUT2D eigenvalue weighted by Gasteiger charge is 2.19. The summed E-state index contributed by atoms with van der Waals surface area (Å²) in [4.78, 5) is 4.69. The number of nitrogens with zero attached hydrogens (tertiary/aromatic N) is 2. The molecule has 96 valence electrons. The van der Waals surface area contributed by atoms with Gasteiger partial charge in [0, 0.05) is 38.8 Å². The average Bonchev–Trinajstić information content (AvgIpc) is 2.30. The summed E-state index contributed by atoms with van der Waals surface area (Å²) in [6.07, 6.45) is 2.82. The topological polar surface area (TPSA) is 6.48 Å². The highest BCUT2D eigenvalue weighted by molar-refractivity contribution is 5.26. The molecule has 0 aromatic carbocycles. The van der Waals surface area contributed by atoms with E-state index in [-0.39, 0.29) is 5.83 Å². The molecule has 1 rings (SSSR count). The fraction of sp³-hybridized carbons (Fsp3) is 0.571. The van der Waals surface area contributed by atoms with E-state index in [4.69, 9.17) is 0 Å². The van der Waals surface area contributed by atoms with E-state index in [9.17, 15) is 4.39 Å². The van der Waals surface area contributed by atoms with E-state index in [0.29, 0.717) is 18.2 Å². The lowest BCUT2D eigenvalue weighted by atomic mass is 10.2. The normalized spacial score (nSPS) is 19.6. The molecule has 1 saturated heterocycles. The molecular formula is C14H23FN2. The Morgan fingerprint density at radius 1 is 1.29 bits per heavy atom. The zero-order valence-electron chi connectivity index (χ0n) is 11.0. The molecule has 0 N–H and O–H groups in total. The number of halogens is 1. The van der Waals surface area contributed by atoms with Crippen LogP contribution >= 0.6 is 0 Å². The molecule has 0 unspecified atom stereocenters. The Labute approximate surface area is 104 Å². The van der Waals surface area contributed by atoms with Crippen molar-refractivity contribution in [1.82, 2.24) is 9.80 Å². The fourth-order valence-corrected chi connectivity index (χ4v) is 2.00. The van der Waals surface area contributed by atoms with Crippen LogP contribution in [-0.4, -0.2) is 48.6 Å². The Bertz CT molecular complexity index is 299. The van der Waals surface area contributed by atoms with Gasteiger partial charge in [-0.1, -0.05) is 19.2 Å². The predicted molar refractivity (Wildman–Crippen MR) is 71.7 cm³/mol. The molecule has 0 radical (unpaired) electrons. The lowest BCUT2D eigenvalue weighted by Gasteiger charge is -2.37. The molecule has 0 amide bonds. The first-order chi connectivity index (χ1) is 8.04. The molecule has 0 spiro atoms. The van der Waals surface area contributed by atoms with Crippen LogP contribution in [0.1, 0.15) is 13.8 Å². The molecule has 3 heteroatoms. The van der Waals surface area contributed by atoms with Gasteiger partial charge in [0.05, 0.1) is 0 Å². The molecule has 0 aliphatic carbocycles. The van der Waals surface area contributed by atoms with Crippen LogP contribution in [0.5, 0.6) is 0 Å². The average molecular weight is 238 g/mol. The lowest BCUT2D eigenvalue weighted by molar-refractivity contribution is 0.115. The first kappa shape index (κ1) is 14.1. The zero-order chi connectivity index (χ0) is 12.8. The summed E-state index contributed by atoms with van der Waals surface area (Å²) in [5, 5.41) is 0. The minimum Gasteiger partial charge on any atom is -0.298 e. The lowest BCUT2D eigenvalue weighted by Crippen LogP contribution is -2.49. The molecular weight excluding hydrogens is 215 g/mol. The Hall–Kier alpha value is -0.930. The molecule has 1 aliphatic heterocycles. The van der Waals surface area contributed by atoms with Crippen molar-refractivity contribution in [2.45, 2.75) is 19.9 Å². The molecule has 0 aromatic heterocycles. The molecule has 0 aromatic rings. The quantitative estimate of drug-likeness (QED) is 0.679. The third-order valence-electron chi connectivity index (χ3n) is 3.15. The smallest absolute Gasteiger partial charge is 0.127 e. The van der Waals surface area contributed by atoms with Crippen LogP contribution in [0, 0.1) is 0 Å². The maximum atomic E-state index is 13.4. The third kappa shape index (κ3) is 4.44. The van der Waals surface area contributed by atoms with Gasteiger partial charge in [-0.15, -0.1) is 0 Å². The summed E-state index contributed by atoms with van der Waals surface area (Å²) in [7, 11) is 0. The van der Waals surface area contributed by atoms with Crippen LogP contribution in [0.15, 0.2) is 36.7 Å². The molecule has 1 heterocycles. The van der Waals surface area contributed by atoms with Crippen molar-refractivity contribution in [3.63, 3.8) is 0 Å². The van der Waals surface area contributed by atoms with Crippen molar-refractivity contribution in [1.29, 1.82) is 0 Å². The predicted octanol–water partition coefficient (Wildman–Crippen LogP) is 2.61. The highest BCUT2D eigenvalue weighted by Crippen LogP contribution is 2.13. The van der Waals surface area contributed by atoms with E-state index in [1.165, 1.54) is 12.2 Å². The zero-order valence-corrected chi connectivity index (χ0v) is 11.0. The van der Waals surface area contributed by atoms with Crippen LogP contribution in [0.3, 0.4) is 0 Å². The van der Waals surface area contributed by atoms with Crippen molar-refractivity contribution >= 4 is 0 Å². The standard InChI is InChI=1S/C14H23FN2/c1-5-6-14(15)13(4)11-16-7-9-17(10-8-16)12(2)3/h5-6,12H,1,4,7-11H2,2-3H3/b14-6+. The number of rotatable bonds is 5. The minimum absolute atomic E-state index is 0.258. The van der Waals surface area contributed by atoms with Crippen LogP contribution < -0.4 is 0 Å². The molecule has 1 fully saturated rings. The Morgan fingerprint density at radius 3 is 2.35 bits per heavy atom. The van der Waals surface area contributed by atoms with E-state index in [2.05, 4.69) is 36.8 Å². The highest BCUT2D eigenvalue weighted by atomic mass is 19.1.